The summed E-state index contributed by atoms with van der Waals surface area (Å²) in [4.78, 5) is 12.2. The van der Waals surface area contributed by atoms with Crippen molar-refractivity contribution in [3.8, 4) is 6.07 Å². The van der Waals surface area contributed by atoms with Gasteiger partial charge in [0, 0.05) is 24.6 Å². The maximum atomic E-state index is 12.2. The highest BCUT2D eigenvalue weighted by molar-refractivity contribution is 6.02. The van der Waals surface area contributed by atoms with E-state index in [0.717, 1.165) is 18.5 Å². The van der Waals surface area contributed by atoms with Gasteiger partial charge in [-0.25, -0.2) is 0 Å². The van der Waals surface area contributed by atoms with Crippen molar-refractivity contribution in [2.24, 2.45) is 18.9 Å². The normalized spacial score (nSPS) is 33.2. The average molecular weight is 255 g/mol. The first-order chi connectivity index (χ1) is 8.97. The highest BCUT2D eigenvalue weighted by Gasteiger charge is 2.49. The van der Waals surface area contributed by atoms with Gasteiger partial charge in [-0.1, -0.05) is 19.9 Å². The smallest absolute Gasteiger partial charge is 0.176 e. The molecule has 3 rings (SSSR count). The lowest BCUT2D eigenvalue weighted by molar-refractivity contribution is -0.121. The number of carbonyl (C=O) groups excluding carboxylic acids is 1. The van der Waals surface area contributed by atoms with Crippen molar-refractivity contribution in [3.05, 3.63) is 29.1 Å². The minimum absolute atomic E-state index is 0.00986. The maximum Gasteiger partial charge on any atom is 0.176 e. The molecule has 0 spiro atoms. The highest BCUT2D eigenvalue weighted by Crippen LogP contribution is 2.48. The lowest BCUT2D eigenvalue weighted by Gasteiger charge is -2.44. The third-order valence-electron chi connectivity index (χ3n) is 4.76. The van der Waals surface area contributed by atoms with E-state index in [2.05, 4.69) is 24.3 Å². The van der Waals surface area contributed by atoms with Crippen LogP contribution in [0.1, 0.15) is 31.5 Å². The van der Waals surface area contributed by atoms with Gasteiger partial charge in [0.2, 0.25) is 0 Å². The summed E-state index contributed by atoms with van der Waals surface area (Å²) < 4.78 is 1.83. The number of allylic oxidation sites excluding steroid dienone is 2. The number of nitriles is 1. The molecule has 98 valence electrons. The number of aromatic nitrogens is 2. The Balaban J connectivity index is 2.23. The summed E-state index contributed by atoms with van der Waals surface area (Å²) in [5.41, 5.74) is 2.30. The molecule has 1 aromatic rings. The van der Waals surface area contributed by atoms with Gasteiger partial charge < -0.3 is 0 Å². The molecule has 4 heteroatoms. The summed E-state index contributed by atoms with van der Waals surface area (Å²) >= 11 is 0. The van der Waals surface area contributed by atoms with E-state index in [4.69, 9.17) is 0 Å². The summed E-state index contributed by atoms with van der Waals surface area (Å²) in [5, 5.41) is 13.8. The lowest BCUT2D eigenvalue weighted by atomic mass is 9.58. The molecule has 0 radical (unpaired) electrons. The van der Waals surface area contributed by atoms with E-state index in [1.54, 1.807) is 0 Å². The van der Waals surface area contributed by atoms with Crippen LogP contribution in [0.3, 0.4) is 0 Å². The monoisotopic (exact) mass is 255 g/mol. The van der Waals surface area contributed by atoms with Crippen LogP contribution in [0.25, 0.3) is 0 Å². The number of rotatable bonds is 0. The molecule has 0 saturated carbocycles. The summed E-state index contributed by atoms with van der Waals surface area (Å²) in [5.74, 6) is 0.142. The van der Waals surface area contributed by atoms with Crippen LogP contribution < -0.4 is 0 Å². The van der Waals surface area contributed by atoms with Gasteiger partial charge in [0.25, 0.3) is 0 Å². The Labute approximate surface area is 112 Å². The molecule has 0 aromatic carbocycles. The van der Waals surface area contributed by atoms with E-state index in [1.807, 2.05) is 24.7 Å². The van der Waals surface area contributed by atoms with Crippen molar-refractivity contribution in [1.82, 2.24) is 9.78 Å². The number of aryl methyl sites for hydroxylation is 2. The Morgan fingerprint density at radius 3 is 3.00 bits per heavy atom. The molecule has 0 saturated heterocycles. The van der Waals surface area contributed by atoms with Crippen LogP contribution in [-0.4, -0.2) is 15.6 Å². The van der Waals surface area contributed by atoms with E-state index in [1.165, 1.54) is 5.56 Å². The van der Waals surface area contributed by atoms with Crippen LogP contribution in [0.5, 0.6) is 0 Å². The second kappa shape index (κ2) is 3.80. The predicted molar refractivity (Wildman–Crippen MR) is 70.2 cm³/mol. The van der Waals surface area contributed by atoms with E-state index in [9.17, 15) is 10.1 Å². The van der Waals surface area contributed by atoms with Crippen molar-refractivity contribution in [2.75, 3.05) is 0 Å². The molecule has 4 nitrogen and oxygen atoms in total. The Morgan fingerprint density at radius 1 is 1.58 bits per heavy atom. The number of carbonyl (C=O) groups is 1. The molecule has 19 heavy (non-hydrogen) atoms. The minimum Gasteiger partial charge on any atom is -0.293 e. The van der Waals surface area contributed by atoms with Crippen molar-refractivity contribution in [2.45, 2.75) is 32.1 Å². The third kappa shape index (κ3) is 1.51. The SMILES string of the molecule is C[C@@H]1C(=O)C(C#N)=C[C@]2(C)c3nn(C)cc3CC[C@@H]12. The van der Waals surface area contributed by atoms with Gasteiger partial charge in [-0.3, -0.25) is 9.48 Å². The zero-order valence-electron chi connectivity index (χ0n) is 11.5. The topological polar surface area (TPSA) is 58.7 Å². The molecule has 2 aliphatic rings. The van der Waals surface area contributed by atoms with Gasteiger partial charge in [-0.05, 0) is 24.3 Å². The lowest BCUT2D eigenvalue weighted by Crippen LogP contribution is -2.45. The fraction of sp³-hybridized carbons (Fsp3) is 0.533. The zero-order chi connectivity index (χ0) is 13.8. The first-order valence-corrected chi connectivity index (χ1v) is 6.67. The van der Waals surface area contributed by atoms with E-state index < -0.39 is 0 Å². The van der Waals surface area contributed by atoms with Crippen molar-refractivity contribution in [3.63, 3.8) is 0 Å². The van der Waals surface area contributed by atoms with Crippen LogP contribution in [0.15, 0.2) is 17.8 Å². The number of fused-ring (bicyclic) bond motifs is 3. The van der Waals surface area contributed by atoms with Gasteiger partial charge in [0.15, 0.2) is 5.78 Å². The Kier molecular flexibility index (Phi) is 2.43. The van der Waals surface area contributed by atoms with Crippen LogP contribution in [-0.2, 0) is 23.7 Å². The summed E-state index contributed by atoms with van der Waals surface area (Å²) in [6.45, 7) is 4.06. The van der Waals surface area contributed by atoms with Crippen LogP contribution in [0.2, 0.25) is 0 Å². The molecular formula is C15H17N3O. The summed E-state index contributed by atoms with van der Waals surface area (Å²) in [7, 11) is 1.92. The van der Waals surface area contributed by atoms with Crippen LogP contribution in [0, 0.1) is 23.2 Å². The molecule has 0 aliphatic heterocycles. The molecule has 0 fully saturated rings. The van der Waals surface area contributed by atoms with Gasteiger partial charge in [0.1, 0.15) is 6.07 Å². The first kappa shape index (κ1) is 12.2. The second-order valence-electron chi connectivity index (χ2n) is 5.93. The number of hydrogen-bond acceptors (Lipinski definition) is 3. The molecular weight excluding hydrogens is 238 g/mol. The molecule has 0 unspecified atom stereocenters. The standard InChI is InChI=1S/C15H17N3O/c1-9-12-5-4-10-8-18(3)17-14(10)15(12,2)6-11(7-16)13(9)19/h6,8-9,12H,4-5H2,1-3H3/t9-,12-,15-/m0/s1. The quantitative estimate of drug-likeness (QED) is 0.711. The van der Waals surface area contributed by atoms with Gasteiger partial charge in [-0.15, -0.1) is 0 Å². The Morgan fingerprint density at radius 2 is 2.32 bits per heavy atom. The van der Waals surface area contributed by atoms with E-state index in [-0.39, 0.29) is 23.0 Å². The highest BCUT2D eigenvalue weighted by atomic mass is 16.1. The van der Waals surface area contributed by atoms with Gasteiger partial charge in [0.05, 0.1) is 11.3 Å². The van der Waals surface area contributed by atoms with Gasteiger partial charge in [-0.2, -0.15) is 10.4 Å². The fourth-order valence-electron chi connectivity index (χ4n) is 3.79. The van der Waals surface area contributed by atoms with Crippen LogP contribution >= 0.6 is 0 Å². The van der Waals surface area contributed by atoms with E-state index >= 15 is 0 Å². The molecule has 3 atom stereocenters. The zero-order valence-corrected chi connectivity index (χ0v) is 11.5. The third-order valence-corrected chi connectivity index (χ3v) is 4.76. The first-order valence-electron chi connectivity index (χ1n) is 6.67. The predicted octanol–water partition coefficient (Wildman–Crippen LogP) is 1.91. The van der Waals surface area contributed by atoms with Crippen molar-refractivity contribution < 1.29 is 4.79 Å². The fourth-order valence-corrected chi connectivity index (χ4v) is 3.79. The Hall–Kier alpha value is -1.89. The summed E-state index contributed by atoms with van der Waals surface area (Å²) in [6.07, 6.45) is 5.86. The minimum atomic E-state index is -0.284. The molecule has 0 N–H and O–H groups in total. The number of nitrogens with zero attached hydrogens (tertiary/aromatic N) is 3. The van der Waals surface area contributed by atoms with Crippen molar-refractivity contribution >= 4 is 5.78 Å². The molecule has 1 heterocycles. The number of ketones is 1. The molecule has 0 bridgehead atoms. The summed E-state index contributed by atoms with van der Waals surface area (Å²) in [6, 6.07) is 2.06. The van der Waals surface area contributed by atoms with Crippen LogP contribution in [0.4, 0.5) is 0 Å². The number of hydrogen-bond donors (Lipinski definition) is 0. The molecule has 2 aliphatic carbocycles. The average Bonchev–Trinajstić information content (AvgIpc) is 2.76. The van der Waals surface area contributed by atoms with Crippen molar-refractivity contribution in [1.29, 1.82) is 5.26 Å². The maximum absolute atomic E-state index is 12.2. The molecule has 1 aromatic heterocycles. The van der Waals surface area contributed by atoms with Gasteiger partial charge >= 0.3 is 0 Å². The second-order valence-corrected chi connectivity index (χ2v) is 5.93. The largest absolute Gasteiger partial charge is 0.293 e. The Bertz CT molecular complexity index is 634. The number of Topliss-reactive ketones (excluding diaryl/α,β-unsaturated/α-hetero) is 1. The molecule has 0 amide bonds. The van der Waals surface area contributed by atoms with E-state index in [0.29, 0.717) is 5.57 Å².